The van der Waals surface area contributed by atoms with Gasteiger partial charge in [-0.3, -0.25) is 4.68 Å². The zero-order chi connectivity index (χ0) is 12.3. The number of hydrogen-bond acceptors (Lipinski definition) is 4. The molecule has 2 rings (SSSR count). The molecule has 6 nitrogen and oxygen atoms in total. The van der Waals surface area contributed by atoms with E-state index in [0.717, 1.165) is 5.69 Å². The van der Waals surface area contributed by atoms with Gasteiger partial charge in [-0.05, 0) is 18.2 Å². The molecule has 6 heteroatoms. The van der Waals surface area contributed by atoms with Crippen LogP contribution in [0.1, 0.15) is 22.0 Å². The molecule has 17 heavy (non-hydrogen) atoms. The first-order valence-electron chi connectivity index (χ1n) is 5.16. The zero-order valence-corrected chi connectivity index (χ0v) is 9.38. The lowest BCUT2D eigenvalue weighted by molar-refractivity contribution is 0.0660. The number of aryl methyl sites for hydroxylation is 1. The predicted molar refractivity (Wildman–Crippen MR) is 59.4 cm³/mol. The van der Waals surface area contributed by atoms with Crippen molar-refractivity contribution in [3.63, 3.8) is 0 Å². The van der Waals surface area contributed by atoms with Crippen LogP contribution in [-0.4, -0.2) is 20.9 Å². The third-order valence-electron chi connectivity index (χ3n) is 2.40. The van der Waals surface area contributed by atoms with Gasteiger partial charge in [-0.25, -0.2) is 4.79 Å². The molecule has 0 saturated carbocycles. The van der Waals surface area contributed by atoms with Crippen LogP contribution in [0, 0.1) is 0 Å². The lowest BCUT2D eigenvalue weighted by Crippen LogP contribution is -2.14. The maximum atomic E-state index is 10.6. The van der Waals surface area contributed by atoms with E-state index in [1.165, 1.54) is 6.07 Å². The third-order valence-corrected chi connectivity index (χ3v) is 2.40. The van der Waals surface area contributed by atoms with Gasteiger partial charge in [0.2, 0.25) is 5.76 Å². The van der Waals surface area contributed by atoms with Crippen LogP contribution in [0.15, 0.2) is 28.8 Å². The van der Waals surface area contributed by atoms with Crippen molar-refractivity contribution >= 4 is 5.97 Å². The van der Waals surface area contributed by atoms with Gasteiger partial charge in [-0.15, -0.1) is 0 Å². The maximum Gasteiger partial charge on any atom is 0.371 e. The molecule has 0 fully saturated rings. The summed E-state index contributed by atoms with van der Waals surface area (Å²) in [6, 6.07) is 5.01. The molecule has 0 amide bonds. The number of furan rings is 1. The van der Waals surface area contributed by atoms with Crippen LogP contribution in [0.25, 0.3) is 0 Å². The van der Waals surface area contributed by atoms with Gasteiger partial charge < -0.3 is 14.8 Å². The highest BCUT2D eigenvalue weighted by molar-refractivity contribution is 5.84. The summed E-state index contributed by atoms with van der Waals surface area (Å²) in [7, 11) is 1.87. The molecular formula is C11H13N3O3. The Hall–Kier alpha value is -2.08. The van der Waals surface area contributed by atoms with Crippen LogP contribution >= 0.6 is 0 Å². The smallest absolute Gasteiger partial charge is 0.371 e. The molecule has 0 bridgehead atoms. The number of aromatic carboxylic acids is 1. The summed E-state index contributed by atoms with van der Waals surface area (Å²) in [4.78, 5) is 10.6. The first-order chi connectivity index (χ1) is 8.16. The van der Waals surface area contributed by atoms with Gasteiger partial charge in [0.25, 0.3) is 0 Å². The summed E-state index contributed by atoms with van der Waals surface area (Å²) in [6.07, 6.45) is 1.73. The first-order valence-corrected chi connectivity index (χ1v) is 5.16. The molecule has 0 atom stereocenters. The Morgan fingerprint density at radius 2 is 2.29 bits per heavy atom. The van der Waals surface area contributed by atoms with Gasteiger partial charge in [-0.1, -0.05) is 0 Å². The standard InChI is InChI=1S/C11H13N3O3/c1-14-8(4-5-13-14)6-12-7-9-2-3-10(17-9)11(15)16/h2-5,12H,6-7H2,1H3,(H,15,16). The number of aromatic nitrogens is 2. The number of carboxylic acid groups (broad SMARTS) is 1. The van der Waals surface area contributed by atoms with E-state index >= 15 is 0 Å². The average molecular weight is 235 g/mol. The Kier molecular flexibility index (Phi) is 3.24. The van der Waals surface area contributed by atoms with Crippen molar-refractivity contribution in [1.29, 1.82) is 0 Å². The molecule has 0 aromatic carbocycles. The topological polar surface area (TPSA) is 80.3 Å². The number of rotatable bonds is 5. The summed E-state index contributed by atoms with van der Waals surface area (Å²) in [5.41, 5.74) is 1.05. The second-order valence-corrected chi connectivity index (χ2v) is 3.62. The van der Waals surface area contributed by atoms with Crippen LogP contribution in [-0.2, 0) is 20.1 Å². The zero-order valence-electron chi connectivity index (χ0n) is 9.38. The molecule has 0 unspecified atom stereocenters. The molecule has 2 heterocycles. The van der Waals surface area contributed by atoms with Gasteiger partial charge in [0, 0.05) is 19.8 Å². The number of nitrogens with zero attached hydrogens (tertiary/aromatic N) is 2. The molecule has 2 aromatic heterocycles. The minimum absolute atomic E-state index is 0.0395. The fraction of sp³-hybridized carbons (Fsp3) is 0.273. The van der Waals surface area contributed by atoms with Crippen LogP contribution in [0.5, 0.6) is 0 Å². The largest absolute Gasteiger partial charge is 0.475 e. The quantitative estimate of drug-likeness (QED) is 0.808. The average Bonchev–Trinajstić information content (AvgIpc) is 2.89. The van der Waals surface area contributed by atoms with Crippen molar-refractivity contribution in [2.45, 2.75) is 13.1 Å². The molecule has 0 aliphatic rings. The highest BCUT2D eigenvalue weighted by Gasteiger charge is 2.08. The van der Waals surface area contributed by atoms with Crippen molar-refractivity contribution < 1.29 is 14.3 Å². The lowest BCUT2D eigenvalue weighted by atomic mass is 10.4. The highest BCUT2D eigenvalue weighted by Crippen LogP contribution is 2.07. The van der Waals surface area contributed by atoms with Gasteiger partial charge >= 0.3 is 5.97 Å². The van der Waals surface area contributed by atoms with Crippen molar-refractivity contribution in [3.8, 4) is 0 Å². The summed E-state index contributed by atoms with van der Waals surface area (Å²) < 4.78 is 6.89. The SMILES string of the molecule is Cn1nccc1CNCc1ccc(C(=O)O)o1. The van der Waals surface area contributed by atoms with E-state index in [2.05, 4.69) is 10.4 Å². The summed E-state index contributed by atoms with van der Waals surface area (Å²) in [6.45, 7) is 1.14. The molecule has 0 spiro atoms. The summed E-state index contributed by atoms with van der Waals surface area (Å²) in [5, 5.41) is 15.9. The van der Waals surface area contributed by atoms with E-state index in [-0.39, 0.29) is 5.76 Å². The fourth-order valence-electron chi connectivity index (χ4n) is 1.48. The number of carboxylic acids is 1. The van der Waals surface area contributed by atoms with Crippen LogP contribution in [0.3, 0.4) is 0 Å². The van der Waals surface area contributed by atoms with E-state index in [4.69, 9.17) is 9.52 Å². The first kappa shape index (κ1) is 11.4. The van der Waals surface area contributed by atoms with Crippen LogP contribution in [0.4, 0.5) is 0 Å². The Bertz CT molecular complexity index is 516. The molecule has 2 aromatic rings. The van der Waals surface area contributed by atoms with Gasteiger partial charge in [0.05, 0.1) is 12.2 Å². The van der Waals surface area contributed by atoms with Crippen molar-refractivity contribution in [2.24, 2.45) is 7.05 Å². The normalized spacial score (nSPS) is 10.6. The molecule has 90 valence electrons. The summed E-state index contributed by atoms with van der Waals surface area (Å²) in [5.74, 6) is -0.491. The molecule has 0 aliphatic carbocycles. The Balaban J connectivity index is 1.86. The third kappa shape index (κ3) is 2.73. The van der Waals surface area contributed by atoms with Crippen LogP contribution in [0.2, 0.25) is 0 Å². The highest BCUT2D eigenvalue weighted by atomic mass is 16.4. The van der Waals surface area contributed by atoms with E-state index in [1.807, 2.05) is 13.1 Å². The molecule has 0 aliphatic heterocycles. The predicted octanol–water partition coefficient (Wildman–Crippen LogP) is 1.00. The monoisotopic (exact) mass is 235 g/mol. The molecule has 0 radical (unpaired) electrons. The maximum absolute atomic E-state index is 10.6. The van der Waals surface area contributed by atoms with E-state index < -0.39 is 5.97 Å². The van der Waals surface area contributed by atoms with Crippen LogP contribution < -0.4 is 5.32 Å². The minimum atomic E-state index is -1.05. The van der Waals surface area contributed by atoms with E-state index in [0.29, 0.717) is 18.8 Å². The molecular weight excluding hydrogens is 222 g/mol. The number of hydrogen-bond donors (Lipinski definition) is 2. The minimum Gasteiger partial charge on any atom is -0.475 e. The number of carbonyl (C=O) groups is 1. The Morgan fingerprint density at radius 3 is 2.88 bits per heavy atom. The van der Waals surface area contributed by atoms with Gasteiger partial charge in [0.15, 0.2) is 0 Å². The van der Waals surface area contributed by atoms with E-state index in [9.17, 15) is 4.79 Å². The van der Waals surface area contributed by atoms with Crippen molar-refractivity contribution in [3.05, 3.63) is 41.6 Å². The Labute approximate surface area is 97.9 Å². The molecule has 0 saturated heterocycles. The van der Waals surface area contributed by atoms with Gasteiger partial charge in [0.1, 0.15) is 5.76 Å². The van der Waals surface area contributed by atoms with Gasteiger partial charge in [-0.2, -0.15) is 5.10 Å². The second-order valence-electron chi connectivity index (χ2n) is 3.62. The number of nitrogens with one attached hydrogen (secondary N) is 1. The second kappa shape index (κ2) is 4.84. The fourth-order valence-corrected chi connectivity index (χ4v) is 1.48. The van der Waals surface area contributed by atoms with E-state index in [1.54, 1.807) is 16.9 Å². The Morgan fingerprint density at radius 1 is 1.47 bits per heavy atom. The molecule has 2 N–H and O–H groups in total. The van der Waals surface area contributed by atoms with Crippen molar-refractivity contribution in [1.82, 2.24) is 15.1 Å². The lowest BCUT2D eigenvalue weighted by Gasteiger charge is -2.02. The summed E-state index contributed by atoms with van der Waals surface area (Å²) >= 11 is 0. The van der Waals surface area contributed by atoms with Crippen molar-refractivity contribution in [2.75, 3.05) is 0 Å².